The van der Waals surface area contributed by atoms with Gasteiger partial charge in [-0.2, -0.15) is 0 Å². The molecule has 1 fully saturated rings. The highest BCUT2D eigenvalue weighted by Crippen LogP contribution is 2.19. The zero-order valence-electron chi connectivity index (χ0n) is 12.0. The lowest BCUT2D eigenvalue weighted by atomic mass is 10.2. The zero-order valence-corrected chi connectivity index (χ0v) is 12.0. The summed E-state index contributed by atoms with van der Waals surface area (Å²) in [6.07, 6.45) is 4.93. The molecule has 1 N–H and O–H groups in total. The molecular formula is C16H19NO4. The molecule has 112 valence electrons. The third-order valence-electron chi connectivity index (χ3n) is 2.91. The van der Waals surface area contributed by atoms with Crippen LogP contribution in [0.4, 0.5) is 0 Å². The molecule has 1 aliphatic rings. The number of nitrogens with one attached hydrogen (secondary N) is 1. The van der Waals surface area contributed by atoms with Gasteiger partial charge >= 0.3 is 5.97 Å². The number of para-hydroxylation sites is 1. The van der Waals surface area contributed by atoms with Gasteiger partial charge in [0.15, 0.2) is 6.61 Å². The molecule has 0 bridgehead atoms. The molecule has 0 atom stereocenters. The summed E-state index contributed by atoms with van der Waals surface area (Å²) in [6.45, 7) is 2.21. The molecule has 1 aliphatic carbocycles. The first-order valence-electron chi connectivity index (χ1n) is 7.05. The highest BCUT2D eigenvalue weighted by molar-refractivity contribution is 5.89. The van der Waals surface area contributed by atoms with E-state index in [0.29, 0.717) is 12.4 Å². The molecule has 0 aromatic heterocycles. The topological polar surface area (TPSA) is 64.6 Å². The van der Waals surface area contributed by atoms with E-state index in [9.17, 15) is 9.59 Å². The number of benzene rings is 1. The average molecular weight is 289 g/mol. The number of carbonyl (C=O) groups excluding carboxylic acids is 2. The van der Waals surface area contributed by atoms with Gasteiger partial charge in [-0.25, -0.2) is 4.79 Å². The summed E-state index contributed by atoms with van der Waals surface area (Å²) in [6, 6.07) is 7.66. The van der Waals surface area contributed by atoms with Crippen molar-refractivity contribution in [3.05, 3.63) is 35.9 Å². The summed E-state index contributed by atoms with van der Waals surface area (Å²) in [4.78, 5) is 22.9. The summed E-state index contributed by atoms with van der Waals surface area (Å²) >= 11 is 0. The molecule has 0 unspecified atom stereocenters. The summed E-state index contributed by atoms with van der Waals surface area (Å²) in [7, 11) is 0. The minimum absolute atomic E-state index is 0.243. The number of rotatable bonds is 7. The van der Waals surface area contributed by atoms with E-state index in [4.69, 9.17) is 9.47 Å². The lowest BCUT2D eigenvalue weighted by Crippen LogP contribution is -2.30. The Bertz CT molecular complexity index is 535. The summed E-state index contributed by atoms with van der Waals surface area (Å²) in [5.74, 6) is -0.100. The van der Waals surface area contributed by atoms with Crippen LogP contribution in [0, 0.1) is 0 Å². The fourth-order valence-corrected chi connectivity index (χ4v) is 1.74. The summed E-state index contributed by atoms with van der Waals surface area (Å²) in [5, 5.41) is 2.75. The maximum atomic E-state index is 11.6. The van der Waals surface area contributed by atoms with Crippen molar-refractivity contribution in [1.29, 1.82) is 0 Å². The Labute approximate surface area is 123 Å². The number of hydrogen-bond donors (Lipinski definition) is 1. The van der Waals surface area contributed by atoms with Gasteiger partial charge in [0, 0.05) is 17.7 Å². The number of carbonyl (C=O) groups is 2. The standard InChI is InChI=1S/C16H19NO4/c1-2-20-14-6-4-3-5-12(14)7-10-16(19)21-11-15(18)17-13-8-9-13/h3-7,10,13H,2,8-9,11H2,1H3,(H,17,18)/b10-7+. The van der Waals surface area contributed by atoms with E-state index in [1.54, 1.807) is 6.08 Å². The van der Waals surface area contributed by atoms with E-state index in [-0.39, 0.29) is 18.6 Å². The quantitative estimate of drug-likeness (QED) is 0.615. The Morgan fingerprint density at radius 2 is 2.10 bits per heavy atom. The zero-order chi connectivity index (χ0) is 15.1. The van der Waals surface area contributed by atoms with Crippen LogP contribution in [-0.4, -0.2) is 31.1 Å². The van der Waals surface area contributed by atoms with Gasteiger partial charge in [-0.05, 0) is 31.9 Å². The van der Waals surface area contributed by atoms with Crippen molar-refractivity contribution in [2.45, 2.75) is 25.8 Å². The van der Waals surface area contributed by atoms with E-state index in [0.717, 1.165) is 18.4 Å². The molecule has 2 rings (SSSR count). The minimum atomic E-state index is -0.549. The monoisotopic (exact) mass is 289 g/mol. The molecular weight excluding hydrogens is 270 g/mol. The van der Waals surface area contributed by atoms with E-state index in [1.807, 2.05) is 31.2 Å². The van der Waals surface area contributed by atoms with Gasteiger partial charge in [-0.3, -0.25) is 4.79 Å². The first-order valence-corrected chi connectivity index (χ1v) is 7.05. The van der Waals surface area contributed by atoms with Crippen molar-refractivity contribution in [3.63, 3.8) is 0 Å². The number of amides is 1. The van der Waals surface area contributed by atoms with Gasteiger partial charge in [0.2, 0.25) is 0 Å². The second kappa shape index (κ2) is 7.47. The molecule has 0 radical (unpaired) electrons. The molecule has 1 amide bonds. The van der Waals surface area contributed by atoms with Crippen molar-refractivity contribution in [3.8, 4) is 5.75 Å². The Morgan fingerprint density at radius 1 is 1.33 bits per heavy atom. The van der Waals surface area contributed by atoms with Gasteiger partial charge in [0.1, 0.15) is 5.75 Å². The van der Waals surface area contributed by atoms with E-state index >= 15 is 0 Å². The second-order valence-electron chi connectivity index (χ2n) is 4.75. The predicted molar refractivity (Wildman–Crippen MR) is 78.8 cm³/mol. The third kappa shape index (κ3) is 5.30. The molecule has 1 aromatic carbocycles. The maximum absolute atomic E-state index is 11.6. The van der Waals surface area contributed by atoms with E-state index in [1.165, 1.54) is 6.08 Å². The van der Waals surface area contributed by atoms with Crippen LogP contribution in [0.2, 0.25) is 0 Å². The predicted octanol–water partition coefficient (Wildman–Crippen LogP) is 1.92. The highest BCUT2D eigenvalue weighted by Gasteiger charge is 2.23. The first-order chi connectivity index (χ1) is 10.2. The summed E-state index contributed by atoms with van der Waals surface area (Å²) < 4.78 is 10.3. The molecule has 0 saturated heterocycles. The molecule has 5 heteroatoms. The first kappa shape index (κ1) is 15.1. The highest BCUT2D eigenvalue weighted by atomic mass is 16.5. The van der Waals surface area contributed by atoms with Crippen LogP contribution in [0.5, 0.6) is 5.75 Å². The average Bonchev–Trinajstić information content (AvgIpc) is 3.28. The van der Waals surface area contributed by atoms with Crippen LogP contribution in [0.15, 0.2) is 30.3 Å². The van der Waals surface area contributed by atoms with Crippen LogP contribution in [0.25, 0.3) is 6.08 Å². The van der Waals surface area contributed by atoms with Crippen LogP contribution in [0.3, 0.4) is 0 Å². The van der Waals surface area contributed by atoms with Gasteiger partial charge in [0.05, 0.1) is 6.61 Å². The number of ether oxygens (including phenoxy) is 2. The van der Waals surface area contributed by atoms with Crippen LogP contribution in [0.1, 0.15) is 25.3 Å². The smallest absolute Gasteiger partial charge is 0.331 e. The van der Waals surface area contributed by atoms with Gasteiger partial charge in [-0.1, -0.05) is 18.2 Å². The Balaban J connectivity index is 1.82. The molecule has 0 heterocycles. The lowest BCUT2D eigenvalue weighted by Gasteiger charge is -2.06. The van der Waals surface area contributed by atoms with Crippen molar-refractivity contribution < 1.29 is 19.1 Å². The van der Waals surface area contributed by atoms with Crippen molar-refractivity contribution in [2.75, 3.05) is 13.2 Å². The molecule has 21 heavy (non-hydrogen) atoms. The van der Waals surface area contributed by atoms with E-state index < -0.39 is 5.97 Å². The maximum Gasteiger partial charge on any atom is 0.331 e. The SMILES string of the molecule is CCOc1ccccc1/C=C/C(=O)OCC(=O)NC1CC1. The van der Waals surface area contributed by atoms with E-state index in [2.05, 4.69) is 5.32 Å². The number of esters is 1. The number of hydrogen-bond acceptors (Lipinski definition) is 4. The van der Waals surface area contributed by atoms with Gasteiger partial charge in [0.25, 0.3) is 5.91 Å². The lowest BCUT2D eigenvalue weighted by molar-refractivity contribution is -0.143. The fourth-order valence-electron chi connectivity index (χ4n) is 1.74. The van der Waals surface area contributed by atoms with Crippen molar-refractivity contribution in [1.82, 2.24) is 5.32 Å². The fraction of sp³-hybridized carbons (Fsp3) is 0.375. The van der Waals surface area contributed by atoms with Crippen molar-refractivity contribution >= 4 is 18.0 Å². The van der Waals surface area contributed by atoms with Gasteiger partial charge in [-0.15, -0.1) is 0 Å². The summed E-state index contributed by atoms with van der Waals surface area (Å²) in [5.41, 5.74) is 0.790. The molecule has 0 aliphatic heterocycles. The molecule has 1 aromatic rings. The molecule has 0 spiro atoms. The van der Waals surface area contributed by atoms with Crippen molar-refractivity contribution in [2.24, 2.45) is 0 Å². The largest absolute Gasteiger partial charge is 0.493 e. The van der Waals surface area contributed by atoms with Crippen LogP contribution >= 0.6 is 0 Å². The third-order valence-corrected chi connectivity index (χ3v) is 2.91. The normalized spacial score (nSPS) is 14.0. The Hall–Kier alpha value is -2.30. The molecule has 1 saturated carbocycles. The van der Waals surface area contributed by atoms with Gasteiger partial charge < -0.3 is 14.8 Å². The Kier molecular flexibility index (Phi) is 5.37. The second-order valence-corrected chi connectivity index (χ2v) is 4.75. The molecule has 5 nitrogen and oxygen atoms in total. The van der Waals surface area contributed by atoms with Crippen LogP contribution in [-0.2, 0) is 14.3 Å². The Morgan fingerprint density at radius 3 is 2.81 bits per heavy atom. The minimum Gasteiger partial charge on any atom is -0.493 e. The van der Waals surface area contributed by atoms with Crippen LogP contribution < -0.4 is 10.1 Å².